The van der Waals surface area contributed by atoms with Crippen molar-refractivity contribution in [3.8, 4) is 5.69 Å². The summed E-state index contributed by atoms with van der Waals surface area (Å²) >= 11 is 0. The molecule has 0 radical (unpaired) electrons. The van der Waals surface area contributed by atoms with E-state index in [4.69, 9.17) is 9.62 Å². The molecule has 7 nitrogen and oxygen atoms in total. The van der Waals surface area contributed by atoms with Crippen LogP contribution in [0.1, 0.15) is 47.4 Å². The van der Waals surface area contributed by atoms with E-state index in [2.05, 4.69) is 15.4 Å². The molecule has 0 bridgehead atoms. The van der Waals surface area contributed by atoms with Crippen LogP contribution in [0.4, 0.5) is 0 Å². The fraction of sp³-hybridized carbons (Fsp3) is 0.381. The largest absolute Gasteiger partial charge is 0.364 e. The number of carbonyl (C=O) groups excluding carboxylic acids is 1. The predicted molar refractivity (Wildman–Crippen MR) is 105 cm³/mol. The zero-order valence-electron chi connectivity index (χ0n) is 16.0. The first-order valence-electron chi connectivity index (χ1n) is 9.79. The molecule has 1 amide bonds. The monoisotopic (exact) mass is 379 g/mol. The molecule has 1 aliphatic rings. The summed E-state index contributed by atoms with van der Waals surface area (Å²) < 4.78 is 6.77. The number of rotatable bonds is 6. The van der Waals surface area contributed by atoms with Crippen LogP contribution in [0.25, 0.3) is 5.69 Å². The number of hydrogen-bond donors (Lipinski definition) is 1. The molecule has 0 aliphatic carbocycles. The molecule has 4 rings (SSSR count). The lowest BCUT2D eigenvalue weighted by molar-refractivity contribution is 0.0953. The maximum Gasteiger partial charge on any atom is 0.254 e. The summed E-state index contributed by atoms with van der Waals surface area (Å²) in [5.74, 6) is 0.150. The third kappa shape index (κ3) is 3.99. The van der Waals surface area contributed by atoms with Gasteiger partial charge in [-0.2, -0.15) is 5.10 Å². The highest BCUT2D eigenvalue weighted by Gasteiger charge is 2.28. The second-order valence-electron chi connectivity index (χ2n) is 7.13. The van der Waals surface area contributed by atoms with Crippen LogP contribution in [0.15, 0.2) is 53.4 Å². The van der Waals surface area contributed by atoms with Gasteiger partial charge in [0.05, 0.1) is 22.6 Å². The lowest BCUT2D eigenvalue weighted by Crippen LogP contribution is -2.35. The van der Waals surface area contributed by atoms with Crippen molar-refractivity contribution in [2.24, 2.45) is 0 Å². The van der Waals surface area contributed by atoms with Gasteiger partial charge in [0.25, 0.3) is 5.91 Å². The van der Waals surface area contributed by atoms with Crippen molar-refractivity contribution < 1.29 is 9.32 Å². The van der Waals surface area contributed by atoms with Crippen molar-refractivity contribution in [3.05, 3.63) is 65.8 Å². The third-order valence-corrected chi connectivity index (χ3v) is 5.11. The summed E-state index contributed by atoms with van der Waals surface area (Å²) in [6.45, 7) is 5.14. The van der Waals surface area contributed by atoms with Crippen molar-refractivity contribution >= 4 is 5.91 Å². The zero-order valence-corrected chi connectivity index (χ0v) is 16.0. The smallest absolute Gasteiger partial charge is 0.254 e. The molecular weight excluding hydrogens is 354 g/mol. The summed E-state index contributed by atoms with van der Waals surface area (Å²) in [6.07, 6.45) is 5.54. The summed E-state index contributed by atoms with van der Waals surface area (Å²) in [7, 11) is 0. The van der Waals surface area contributed by atoms with Crippen LogP contribution in [-0.2, 0) is 6.54 Å². The molecule has 0 saturated carbocycles. The number of piperidine rings is 1. The van der Waals surface area contributed by atoms with E-state index in [9.17, 15) is 4.79 Å². The Morgan fingerprint density at radius 1 is 1.29 bits per heavy atom. The summed E-state index contributed by atoms with van der Waals surface area (Å²) in [5, 5.41) is 11.8. The van der Waals surface area contributed by atoms with E-state index in [0.29, 0.717) is 12.1 Å². The average Bonchev–Trinajstić information content (AvgIpc) is 3.39. The minimum Gasteiger partial charge on any atom is -0.364 e. The molecule has 1 fully saturated rings. The maximum atomic E-state index is 12.7. The van der Waals surface area contributed by atoms with Crippen molar-refractivity contribution in [1.82, 2.24) is 25.2 Å². The first kappa shape index (κ1) is 18.4. The lowest BCUT2D eigenvalue weighted by atomic mass is 9.92. The molecule has 3 heterocycles. The van der Waals surface area contributed by atoms with Gasteiger partial charge in [0.1, 0.15) is 6.26 Å². The summed E-state index contributed by atoms with van der Waals surface area (Å²) in [4.78, 5) is 15.0. The van der Waals surface area contributed by atoms with Crippen LogP contribution in [0.5, 0.6) is 0 Å². The fourth-order valence-corrected chi connectivity index (χ4v) is 3.80. The number of nitrogens with one attached hydrogen (secondary N) is 1. The molecular formula is C21H25N5O2. The van der Waals surface area contributed by atoms with Crippen LogP contribution in [0.3, 0.4) is 0 Å². The van der Waals surface area contributed by atoms with Gasteiger partial charge in [0.15, 0.2) is 0 Å². The van der Waals surface area contributed by atoms with Gasteiger partial charge >= 0.3 is 0 Å². The Kier molecular flexibility index (Phi) is 5.53. The second-order valence-corrected chi connectivity index (χ2v) is 7.13. The van der Waals surface area contributed by atoms with Crippen molar-refractivity contribution in [3.63, 3.8) is 0 Å². The molecule has 1 aromatic carbocycles. The molecule has 1 atom stereocenters. The zero-order chi connectivity index (χ0) is 19.3. The average molecular weight is 379 g/mol. The van der Waals surface area contributed by atoms with E-state index >= 15 is 0 Å². The molecule has 3 aromatic rings. The lowest BCUT2D eigenvalue weighted by Gasteiger charge is -2.31. The first-order valence-corrected chi connectivity index (χ1v) is 9.79. The molecule has 2 aromatic heterocycles. The third-order valence-electron chi connectivity index (χ3n) is 5.11. The topological polar surface area (TPSA) is 76.2 Å². The van der Waals surface area contributed by atoms with E-state index < -0.39 is 0 Å². The van der Waals surface area contributed by atoms with Crippen LogP contribution in [-0.4, -0.2) is 45.4 Å². The van der Waals surface area contributed by atoms with E-state index in [1.807, 2.05) is 54.2 Å². The number of nitrogens with zero attached hydrogens (tertiary/aromatic N) is 4. The van der Waals surface area contributed by atoms with Gasteiger partial charge in [-0.05, 0) is 38.4 Å². The minimum absolute atomic E-state index is 0.0618. The van der Waals surface area contributed by atoms with E-state index in [0.717, 1.165) is 49.6 Å². The van der Waals surface area contributed by atoms with Gasteiger partial charge in [-0.3, -0.25) is 9.69 Å². The highest BCUT2D eigenvalue weighted by Crippen LogP contribution is 2.29. The Hall–Kier alpha value is -2.93. The number of benzene rings is 1. The van der Waals surface area contributed by atoms with E-state index in [-0.39, 0.29) is 11.8 Å². The predicted octanol–water partition coefficient (Wildman–Crippen LogP) is 2.99. The standard InChI is InChI=1S/C21H25N5O2/c1-2-22-21(27)19-15-26(18-8-4-3-5-9-18)23-20(19)16-7-6-11-25(13-16)14-17-10-12-28-24-17/h3-5,8-10,12,15-16H,2,6-7,11,13-14H2,1H3,(H,22,27)/t16-/m1/s1. The van der Waals surface area contributed by atoms with Crippen molar-refractivity contribution in [2.45, 2.75) is 32.2 Å². The molecule has 0 unspecified atom stereocenters. The second kappa shape index (κ2) is 8.39. The first-order chi connectivity index (χ1) is 13.7. The van der Waals surface area contributed by atoms with Crippen molar-refractivity contribution in [1.29, 1.82) is 0 Å². The molecule has 146 valence electrons. The van der Waals surface area contributed by atoms with Crippen molar-refractivity contribution in [2.75, 3.05) is 19.6 Å². The van der Waals surface area contributed by atoms with Gasteiger partial charge in [-0.25, -0.2) is 4.68 Å². The summed E-state index contributed by atoms with van der Waals surface area (Å²) in [5.41, 5.74) is 3.42. The molecule has 28 heavy (non-hydrogen) atoms. The van der Waals surface area contributed by atoms with E-state index in [1.54, 1.807) is 6.26 Å². The Morgan fingerprint density at radius 2 is 2.14 bits per heavy atom. The Balaban J connectivity index is 1.61. The number of aromatic nitrogens is 3. The maximum absolute atomic E-state index is 12.7. The van der Waals surface area contributed by atoms with Gasteiger partial charge in [0, 0.05) is 37.8 Å². The van der Waals surface area contributed by atoms with Gasteiger partial charge in [0.2, 0.25) is 0 Å². The van der Waals surface area contributed by atoms with Gasteiger partial charge < -0.3 is 9.84 Å². The number of hydrogen-bond acceptors (Lipinski definition) is 5. The molecule has 7 heteroatoms. The highest BCUT2D eigenvalue weighted by molar-refractivity contribution is 5.95. The van der Waals surface area contributed by atoms with Crippen LogP contribution in [0.2, 0.25) is 0 Å². The quantitative estimate of drug-likeness (QED) is 0.713. The molecule has 1 saturated heterocycles. The molecule has 0 spiro atoms. The minimum atomic E-state index is -0.0618. The normalized spacial score (nSPS) is 17.5. The highest BCUT2D eigenvalue weighted by atomic mass is 16.5. The number of amides is 1. The summed E-state index contributed by atoms with van der Waals surface area (Å²) in [6, 6.07) is 11.8. The Morgan fingerprint density at radius 3 is 2.89 bits per heavy atom. The Labute approximate surface area is 164 Å². The fourth-order valence-electron chi connectivity index (χ4n) is 3.80. The number of carbonyl (C=O) groups is 1. The van der Waals surface area contributed by atoms with Crippen LogP contribution < -0.4 is 5.32 Å². The van der Waals surface area contributed by atoms with E-state index in [1.165, 1.54) is 0 Å². The molecule has 1 N–H and O–H groups in total. The Bertz CT molecular complexity index is 904. The SMILES string of the molecule is CCNC(=O)c1cn(-c2ccccc2)nc1[C@@H]1CCCN(Cc2ccon2)C1. The number of para-hydroxylation sites is 1. The number of likely N-dealkylation sites (tertiary alicyclic amines) is 1. The van der Waals surface area contributed by atoms with Gasteiger partial charge in [-0.15, -0.1) is 0 Å². The van der Waals surface area contributed by atoms with Crippen LogP contribution in [0, 0.1) is 0 Å². The van der Waals surface area contributed by atoms with Gasteiger partial charge in [-0.1, -0.05) is 23.4 Å². The van der Waals surface area contributed by atoms with Crippen LogP contribution >= 0.6 is 0 Å². The molecule has 1 aliphatic heterocycles.